The summed E-state index contributed by atoms with van der Waals surface area (Å²) in [7, 11) is -3.53. The van der Waals surface area contributed by atoms with Crippen LogP contribution in [-0.2, 0) is 10.0 Å². The molecular formula is C23H23N3O3S. The van der Waals surface area contributed by atoms with Gasteiger partial charge in [0.05, 0.1) is 4.90 Å². The minimum absolute atomic E-state index is 0.223. The molecule has 0 bridgehead atoms. The number of sulfonamides is 1. The molecule has 1 fully saturated rings. The Kier molecular flexibility index (Phi) is 5.83. The molecular weight excluding hydrogens is 398 g/mol. The van der Waals surface area contributed by atoms with E-state index in [4.69, 9.17) is 0 Å². The van der Waals surface area contributed by atoms with Gasteiger partial charge in [-0.3, -0.25) is 0 Å². The van der Waals surface area contributed by atoms with Crippen LogP contribution in [0.2, 0.25) is 0 Å². The molecule has 3 aromatic carbocycles. The summed E-state index contributed by atoms with van der Waals surface area (Å²) >= 11 is 0. The van der Waals surface area contributed by atoms with E-state index in [1.807, 2.05) is 54.6 Å². The lowest BCUT2D eigenvalue weighted by atomic mass is 10.1. The monoisotopic (exact) mass is 421 g/mol. The number of nitrogens with zero attached hydrogens (tertiary/aromatic N) is 2. The Balaban J connectivity index is 1.35. The second-order valence-electron chi connectivity index (χ2n) is 7.08. The van der Waals surface area contributed by atoms with E-state index in [-0.39, 0.29) is 24.0 Å². The van der Waals surface area contributed by atoms with Gasteiger partial charge in [-0.05, 0) is 35.4 Å². The van der Waals surface area contributed by atoms with Crippen LogP contribution < -0.4 is 5.32 Å². The SMILES string of the molecule is O=C(Nc1ccc(-c2ccccc2)cc1)N1CCN(S(=O)(=O)c2ccccc2)CC1. The summed E-state index contributed by atoms with van der Waals surface area (Å²) in [6, 6.07) is 25.9. The van der Waals surface area contributed by atoms with Gasteiger partial charge in [0.1, 0.15) is 0 Å². The third-order valence-corrected chi connectivity index (χ3v) is 7.06. The van der Waals surface area contributed by atoms with Crippen LogP contribution in [0.5, 0.6) is 0 Å². The Hall–Kier alpha value is -3.16. The highest BCUT2D eigenvalue weighted by molar-refractivity contribution is 7.89. The van der Waals surface area contributed by atoms with Crippen LogP contribution >= 0.6 is 0 Å². The van der Waals surface area contributed by atoms with Crippen LogP contribution in [0.15, 0.2) is 89.8 Å². The number of anilines is 1. The zero-order chi connectivity index (χ0) is 21.0. The Morgan fingerprint density at radius 3 is 1.83 bits per heavy atom. The topological polar surface area (TPSA) is 69.7 Å². The maximum absolute atomic E-state index is 12.7. The molecule has 2 amide bonds. The Morgan fingerprint density at radius 2 is 1.23 bits per heavy atom. The first-order chi connectivity index (χ1) is 14.5. The molecule has 0 aliphatic carbocycles. The van der Waals surface area contributed by atoms with Gasteiger partial charge in [-0.1, -0.05) is 60.7 Å². The van der Waals surface area contributed by atoms with Gasteiger partial charge >= 0.3 is 6.03 Å². The first-order valence-electron chi connectivity index (χ1n) is 9.81. The lowest BCUT2D eigenvalue weighted by Crippen LogP contribution is -2.51. The van der Waals surface area contributed by atoms with Crippen molar-refractivity contribution in [1.29, 1.82) is 0 Å². The average molecular weight is 422 g/mol. The third-order valence-electron chi connectivity index (χ3n) is 5.15. The van der Waals surface area contributed by atoms with E-state index in [9.17, 15) is 13.2 Å². The number of urea groups is 1. The van der Waals surface area contributed by atoms with Gasteiger partial charge in [-0.15, -0.1) is 0 Å². The molecule has 1 aliphatic heterocycles. The van der Waals surface area contributed by atoms with E-state index in [1.54, 1.807) is 35.2 Å². The zero-order valence-corrected chi connectivity index (χ0v) is 17.3. The highest BCUT2D eigenvalue weighted by Gasteiger charge is 2.29. The largest absolute Gasteiger partial charge is 0.322 e. The molecule has 7 heteroatoms. The summed E-state index contributed by atoms with van der Waals surface area (Å²) < 4.78 is 26.9. The van der Waals surface area contributed by atoms with Gasteiger partial charge in [0.2, 0.25) is 10.0 Å². The first kappa shape index (κ1) is 20.1. The molecule has 1 aliphatic rings. The summed E-state index contributed by atoms with van der Waals surface area (Å²) in [5.74, 6) is 0. The predicted molar refractivity (Wildman–Crippen MR) is 118 cm³/mol. The van der Waals surface area contributed by atoms with Crippen LogP contribution in [0.3, 0.4) is 0 Å². The van der Waals surface area contributed by atoms with Crippen LogP contribution in [0.1, 0.15) is 0 Å². The number of amides is 2. The number of benzene rings is 3. The molecule has 0 saturated carbocycles. The minimum Gasteiger partial charge on any atom is -0.322 e. The maximum atomic E-state index is 12.7. The van der Waals surface area contributed by atoms with E-state index in [0.29, 0.717) is 18.8 Å². The summed E-state index contributed by atoms with van der Waals surface area (Å²) in [6.45, 7) is 1.25. The second kappa shape index (κ2) is 8.69. The number of carbonyl (C=O) groups is 1. The van der Waals surface area contributed by atoms with Crippen molar-refractivity contribution in [3.8, 4) is 11.1 Å². The molecule has 0 radical (unpaired) electrons. The van der Waals surface area contributed by atoms with E-state index in [2.05, 4.69) is 5.32 Å². The number of piperazine rings is 1. The van der Waals surface area contributed by atoms with Crippen molar-refractivity contribution in [3.63, 3.8) is 0 Å². The van der Waals surface area contributed by atoms with E-state index >= 15 is 0 Å². The number of nitrogens with one attached hydrogen (secondary N) is 1. The van der Waals surface area contributed by atoms with Crippen LogP contribution in [0.4, 0.5) is 10.5 Å². The highest BCUT2D eigenvalue weighted by Crippen LogP contribution is 2.22. The highest BCUT2D eigenvalue weighted by atomic mass is 32.2. The van der Waals surface area contributed by atoms with Gasteiger partial charge in [0, 0.05) is 31.9 Å². The van der Waals surface area contributed by atoms with Crippen molar-refractivity contribution in [2.45, 2.75) is 4.90 Å². The fraction of sp³-hybridized carbons (Fsp3) is 0.174. The van der Waals surface area contributed by atoms with Crippen LogP contribution in [0, 0.1) is 0 Å². The normalized spacial score (nSPS) is 15.0. The third kappa shape index (κ3) is 4.37. The molecule has 0 spiro atoms. The van der Waals surface area contributed by atoms with Crippen molar-refractivity contribution in [1.82, 2.24) is 9.21 Å². The Labute approximate surface area is 176 Å². The van der Waals surface area contributed by atoms with Crippen LogP contribution in [-0.4, -0.2) is 49.8 Å². The molecule has 0 atom stereocenters. The number of rotatable bonds is 4. The molecule has 0 unspecified atom stereocenters. The minimum atomic E-state index is -3.53. The second-order valence-corrected chi connectivity index (χ2v) is 9.02. The quantitative estimate of drug-likeness (QED) is 0.695. The fourth-order valence-corrected chi connectivity index (χ4v) is 4.90. The lowest BCUT2D eigenvalue weighted by molar-refractivity contribution is 0.184. The van der Waals surface area contributed by atoms with Crippen molar-refractivity contribution in [2.24, 2.45) is 0 Å². The Bertz CT molecular complexity index is 1090. The number of carbonyl (C=O) groups excluding carboxylic acids is 1. The summed E-state index contributed by atoms with van der Waals surface area (Å²) in [4.78, 5) is 14.5. The van der Waals surface area contributed by atoms with Gasteiger partial charge in [-0.25, -0.2) is 13.2 Å². The van der Waals surface area contributed by atoms with Gasteiger partial charge in [0.15, 0.2) is 0 Å². The van der Waals surface area contributed by atoms with Crippen molar-refractivity contribution < 1.29 is 13.2 Å². The molecule has 154 valence electrons. The molecule has 4 rings (SSSR count). The number of hydrogen-bond donors (Lipinski definition) is 1. The summed E-state index contributed by atoms with van der Waals surface area (Å²) in [5.41, 5.74) is 2.90. The lowest BCUT2D eigenvalue weighted by Gasteiger charge is -2.34. The van der Waals surface area contributed by atoms with Crippen molar-refractivity contribution in [2.75, 3.05) is 31.5 Å². The number of hydrogen-bond acceptors (Lipinski definition) is 3. The molecule has 6 nitrogen and oxygen atoms in total. The smallest absolute Gasteiger partial charge is 0.321 e. The van der Waals surface area contributed by atoms with E-state index in [1.165, 1.54) is 4.31 Å². The van der Waals surface area contributed by atoms with Crippen molar-refractivity contribution >= 4 is 21.7 Å². The van der Waals surface area contributed by atoms with E-state index in [0.717, 1.165) is 11.1 Å². The van der Waals surface area contributed by atoms with E-state index < -0.39 is 10.0 Å². The van der Waals surface area contributed by atoms with Crippen LogP contribution in [0.25, 0.3) is 11.1 Å². The maximum Gasteiger partial charge on any atom is 0.321 e. The van der Waals surface area contributed by atoms with Gasteiger partial charge < -0.3 is 10.2 Å². The fourth-order valence-electron chi connectivity index (χ4n) is 3.45. The summed E-state index contributed by atoms with van der Waals surface area (Å²) in [6.07, 6.45) is 0. The molecule has 1 saturated heterocycles. The molecule has 30 heavy (non-hydrogen) atoms. The first-order valence-corrected chi connectivity index (χ1v) is 11.2. The molecule has 1 N–H and O–H groups in total. The van der Waals surface area contributed by atoms with Gasteiger partial charge in [0.25, 0.3) is 0 Å². The summed E-state index contributed by atoms with van der Waals surface area (Å²) in [5, 5.41) is 2.89. The Morgan fingerprint density at radius 1 is 0.700 bits per heavy atom. The van der Waals surface area contributed by atoms with Gasteiger partial charge in [-0.2, -0.15) is 4.31 Å². The molecule has 0 aromatic heterocycles. The molecule has 1 heterocycles. The molecule has 3 aromatic rings. The average Bonchev–Trinajstić information content (AvgIpc) is 2.81. The van der Waals surface area contributed by atoms with Crippen molar-refractivity contribution in [3.05, 3.63) is 84.9 Å². The predicted octanol–water partition coefficient (Wildman–Crippen LogP) is 3.89. The standard InChI is InChI=1S/C23H23N3O3S/c27-23(24-21-13-11-20(12-14-21)19-7-3-1-4-8-19)25-15-17-26(18-16-25)30(28,29)22-9-5-2-6-10-22/h1-14H,15-18H2,(H,24,27). The zero-order valence-electron chi connectivity index (χ0n) is 16.4.